The van der Waals surface area contributed by atoms with Crippen molar-refractivity contribution in [2.24, 2.45) is 16.6 Å². The van der Waals surface area contributed by atoms with Gasteiger partial charge in [0.05, 0.1) is 10.7 Å². The van der Waals surface area contributed by atoms with E-state index in [2.05, 4.69) is 10.3 Å². The van der Waals surface area contributed by atoms with Crippen LogP contribution in [-0.4, -0.2) is 12.5 Å². The van der Waals surface area contributed by atoms with Crippen molar-refractivity contribution in [3.8, 4) is 0 Å². The lowest BCUT2D eigenvalue weighted by Crippen LogP contribution is -2.23. The highest BCUT2D eigenvalue weighted by molar-refractivity contribution is 6.33. The number of hydrogen-bond donors (Lipinski definition) is 2. The zero-order valence-corrected chi connectivity index (χ0v) is 10.1. The predicted molar refractivity (Wildman–Crippen MR) is 66.4 cm³/mol. The molecule has 0 radical (unpaired) electrons. The maximum Gasteiger partial charge on any atom is 0.193 e. The van der Waals surface area contributed by atoms with Crippen molar-refractivity contribution in [3.05, 3.63) is 29.0 Å². The van der Waals surface area contributed by atoms with Gasteiger partial charge in [0.15, 0.2) is 5.96 Å². The highest BCUT2D eigenvalue weighted by atomic mass is 35.5. The minimum atomic E-state index is -0.381. The van der Waals surface area contributed by atoms with Crippen molar-refractivity contribution in [2.75, 3.05) is 11.9 Å². The molecule has 0 amide bonds. The number of nitrogens with two attached hydrogens (primary N) is 1. The summed E-state index contributed by atoms with van der Waals surface area (Å²) in [6.45, 7) is 4.72. The lowest BCUT2D eigenvalue weighted by Gasteiger charge is -2.08. The van der Waals surface area contributed by atoms with Gasteiger partial charge in [0.1, 0.15) is 5.82 Å². The third-order valence-electron chi connectivity index (χ3n) is 1.82. The van der Waals surface area contributed by atoms with Crippen LogP contribution in [-0.2, 0) is 0 Å². The molecule has 0 atom stereocenters. The molecule has 0 spiro atoms. The molecule has 0 fully saturated rings. The minimum absolute atomic E-state index is 0.280. The largest absolute Gasteiger partial charge is 0.370 e. The molecule has 3 N–H and O–H groups in total. The molecule has 0 saturated carbocycles. The van der Waals surface area contributed by atoms with Crippen molar-refractivity contribution in [3.63, 3.8) is 0 Å². The first-order valence-corrected chi connectivity index (χ1v) is 5.39. The van der Waals surface area contributed by atoms with Crippen LogP contribution in [0.25, 0.3) is 0 Å². The Morgan fingerprint density at radius 1 is 1.56 bits per heavy atom. The summed E-state index contributed by atoms with van der Waals surface area (Å²) in [5.74, 6) is 0.333. The fourth-order valence-electron chi connectivity index (χ4n) is 1.05. The van der Waals surface area contributed by atoms with E-state index in [9.17, 15) is 4.39 Å². The van der Waals surface area contributed by atoms with E-state index < -0.39 is 0 Å². The molecule has 1 aromatic rings. The van der Waals surface area contributed by atoms with Crippen LogP contribution >= 0.6 is 11.6 Å². The highest BCUT2D eigenvalue weighted by Gasteiger charge is 2.02. The maximum absolute atomic E-state index is 12.8. The van der Waals surface area contributed by atoms with Crippen LogP contribution in [0.2, 0.25) is 5.02 Å². The van der Waals surface area contributed by atoms with Gasteiger partial charge in [-0.05, 0) is 24.1 Å². The lowest BCUT2D eigenvalue weighted by atomic mass is 10.2. The molecule has 0 aliphatic rings. The van der Waals surface area contributed by atoms with Gasteiger partial charge in [0.25, 0.3) is 0 Å². The number of rotatable bonds is 3. The second-order valence-electron chi connectivity index (χ2n) is 3.87. The summed E-state index contributed by atoms with van der Waals surface area (Å²) in [4.78, 5) is 4.11. The number of halogens is 2. The van der Waals surface area contributed by atoms with Gasteiger partial charge in [0, 0.05) is 6.54 Å². The van der Waals surface area contributed by atoms with E-state index in [1.165, 1.54) is 18.2 Å². The molecular formula is C11H15ClFN3. The monoisotopic (exact) mass is 243 g/mol. The Hall–Kier alpha value is -1.29. The Bertz CT molecular complexity index is 391. The van der Waals surface area contributed by atoms with Crippen LogP contribution in [0.3, 0.4) is 0 Å². The molecule has 5 heteroatoms. The summed E-state index contributed by atoms with van der Waals surface area (Å²) in [6.07, 6.45) is 0. The van der Waals surface area contributed by atoms with Crippen LogP contribution in [0.1, 0.15) is 13.8 Å². The number of hydrogen-bond acceptors (Lipinski definition) is 1. The average molecular weight is 244 g/mol. The van der Waals surface area contributed by atoms with E-state index >= 15 is 0 Å². The Kier molecular flexibility index (Phi) is 4.55. The van der Waals surface area contributed by atoms with Crippen LogP contribution in [0.15, 0.2) is 23.2 Å². The van der Waals surface area contributed by atoms with Crippen molar-refractivity contribution < 1.29 is 4.39 Å². The van der Waals surface area contributed by atoms with Crippen molar-refractivity contribution in [2.45, 2.75) is 13.8 Å². The average Bonchev–Trinajstić information content (AvgIpc) is 2.19. The van der Waals surface area contributed by atoms with E-state index in [-0.39, 0.29) is 16.8 Å². The second-order valence-corrected chi connectivity index (χ2v) is 4.28. The first-order chi connectivity index (χ1) is 7.49. The molecule has 1 rings (SSSR count). The Labute approximate surface area is 99.5 Å². The number of nitrogens with zero attached hydrogens (tertiary/aromatic N) is 1. The van der Waals surface area contributed by atoms with Crippen molar-refractivity contribution in [1.29, 1.82) is 0 Å². The molecule has 0 aliphatic heterocycles. The van der Waals surface area contributed by atoms with Crippen LogP contribution in [0.4, 0.5) is 10.1 Å². The maximum atomic E-state index is 12.8. The molecule has 88 valence electrons. The van der Waals surface area contributed by atoms with Gasteiger partial charge in [-0.3, -0.25) is 4.99 Å². The normalized spacial score (nSPS) is 11.9. The molecular weight excluding hydrogens is 229 g/mol. The number of guanidine groups is 1. The number of benzene rings is 1. The molecule has 1 aromatic carbocycles. The molecule has 0 unspecified atom stereocenters. The first kappa shape index (κ1) is 12.8. The summed E-state index contributed by atoms with van der Waals surface area (Å²) in [5, 5.41) is 3.10. The van der Waals surface area contributed by atoms with Crippen molar-refractivity contribution >= 4 is 23.2 Å². The minimum Gasteiger partial charge on any atom is -0.370 e. The summed E-state index contributed by atoms with van der Waals surface area (Å²) in [7, 11) is 0. The van der Waals surface area contributed by atoms with Crippen LogP contribution < -0.4 is 11.1 Å². The van der Waals surface area contributed by atoms with Crippen LogP contribution in [0, 0.1) is 11.7 Å². The van der Waals surface area contributed by atoms with Gasteiger partial charge in [-0.15, -0.1) is 0 Å². The van der Waals surface area contributed by atoms with Gasteiger partial charge in [0.2, 0.25) is 0 Å². The molecule has 0 saturated heterocycles. The highest BCUT2D eigenvalue weighted by Crippen LogP contribution is 2.21. The molecule has 16 heavy (non-hydrogen) atoms. The fourth-order valence-corrected chi connectivity index (χ4v) is 1.26. The van der Waals surface area contributed by atoms with Gasteiger partial charge in [-0.25, -0.2) is 4.39 Å². The van der Waals surface area contributed by atoms with Gasteiger partial charge < -0.3 is 11.1 Å². The Balaban J connectivity index is 2.69. The third kappa shape index (κ3) is 4.06. The molecule has 0 aliphatic carbocycles. The zero-order chi connectivity index (χ0) is 12.1. The summed E-state index contributed by atoms with van der Waals surface area (Å²) < 4.78 is 12.8. The lowest BCUT2D eigenvalue weighted by molar-refractivity contribution is 0.628. The zero-order valence-electron chi connectivity index (χ0n) is 9.30. The molecule has 3 nitrogen and oxygen atoms in total. The van der Waals surface area contributed by atoms with Gasteiger partial charge >= 0.3 is 0 Å². The number of anilines is 1. The van der Waals surface area contributed by atoms with Crippen molar-refractivity contribution in [1.82, 2.24) is 0 Å². The Morgan fingerprint density at radius 2 is 2.25 bits per heavy atom. The van der Waals surface area contributed by atoms with Crippen LogP contribution in [0.5, 0.6) is 0 Å². The molecule has 0 bridgehead atoms. The van der Waals surface area contributed by atoms with E-state index in [4.69, 9.17) is 17.3 Å². The van der Waals surface area contributed by atoms with Gasteiger partial charge in [-0.2, -0.15) is 0 Å². The third-order valence-corrected chi connectivity index (χ3v) is 2.13. The van der Waals surface area contributed by atoms with E-state index in [0.717, 1.165) is 0 Å². The number of nitrogens with one attached hydrogen (secondary N) is 1. The van der Waals surface area contributed by atoms with E-state index in [1.807, 2.05) is 13.8 Å². The quantitative estimate of drug-likeness (QED) is 0.634. The SMILES string of the molecule is CC(C)CN=C(N)Nc1ccc(F)cc1Cl. The number of aliphatic imine (C=N–C) groups is 1. The summed E-state index contributed by atoms with van der Waals surface area (Å²) in [5.41, 5.74) is 6.20. The first-order valence-electron chi connectivity index (χ1n) is 5.01. The van der Waals surface area contributed by atoms with E-state index in [0.29, 0.717) is 18.2 Å². The fraction of sp³-hybridized carbons (Fsp3) is 0.364. The van der Waals surface area contributed by atoms with E-state index in [1.54, 1.807) is 0 Å². The standard InChI is InChI=1S/C11H15ClFN3/c1-7(2)6-15-11(14)16-10-4-3-8(13)5-9(10)12/h3-5,7H,6H2,1-2H3,(H3,14,15,16). The summed E-state index contributed by atoms with van der Waals surface area (Å²) in [6, 6.07) is 4.05. The van der Waals surface area contributed by atoms with Gasteiger partial charge in [-0.1, -0.05) is 25.4 Å². The second kappa shape index (κ2) is 5.70. The summed E-state index contributed by atoms with van der Waals surface area (Å²) >= 11 is 5.82. The molecule has 0 aromatic heterocycles. The smallest absolute Gasteiger partial charge is 0.193 e. The topological polar surface area (TPSA) is 50.4 Å². The Morgan fingerprint density at radius 3 is 2.81 bits per heavy atom. The predicted octanol–water partition coefficient (Wildman–Crippen LogP) is 2.86. The molecule has 0 heterocycles.